The molecule has 4 heteroatoms. The van der Waals surface area contributed by atoms with Crippen LogP contribution in [0.2, 0.25) is 0 Å². The van der Waals surface area contributed by atoms with E-state index < -0.39 is 0 Å². The van der Waals surface area contributed by atoms with Crippen molar-refractivity contribution in [3.05, 3.63) is 29.8 Å². The van der Waals surface area contributed by atoms with Crippen LogP contribution in [-0.4, -0.2) is 35.6 Å². The van der Waals surface area contributed by atoms with E-state index in [1.807, 2.05) is 17.0 Å². The third-order valence-electron chi connectivity index (χ3n) is 3.18. The first-order chi connectivity index (χ1) is 8.20. The van der Waals surface area contributed by atoms with Crippen molar-refractivity contribution in [2.75, 3.05) is 19.7 Å². The van der Waals surface area contributed by atoms with Crippen molar-refractivity contribution in [2.45, 2.75) is 17.7 Å². The zero-order valence-electron chi connectivity index (χ0n) is 9.67. The molecule has 3 nitrogen and oxygen atoms in total. The Morgan fingerprint density at radius 1 is 1.41 bits per heavy atom. The fourth-order valence-corrected chi connectivity index (χ4v) is 2.33. The van der Waals surface area contributed by atoms with E-state index in [4.69, 9.17) is 5.11 Å². The molecule has 0 radical (unpaired) electrons. The molecule has 1 amide bonds. The Hall–Kier alpha value is -1.00. The molecule has 1 aliphatic rings. The Kier molecular flexibility index (Phi) is 4.07. The van der Waals surface area contributed by atoms with Crippen molar-refractivity contribution < 1.29 is 9.90 Å². The second-order valence-electron chi connectivity index (χ2n) is 4.49. The van der Waals surface area contributed by atoms with E-state index in [0.717, 1.165) is 24.3 Å². The molecule has 1 N–H and O–H groups in total. The molecule has 1 atom stereocenters. The van der Waals surface area contributed by atoms with Crippen molar-refractivity contribution in [1.82, 2.24) is 4.90 Å². The number of nitrogens with zero attached hydrogens (tertiary/aromatic N) is 1. The van der Waals surface area contributed by atoms with Crippen molar-refractivity contribution in [1.29, 1.82) is 0 Å². The van der Waals surface area contributed by atoms with Crippen LogP contribution in [0.1, 0.15) is 23.2 Å². The van der Waals surface area contributed by atoms with Crippen molar-refractivity contribution in [2.24, 2.45) is 5.92 Å². The van der Waals surface area contributed by atoms with E-state index in [2.05, 4.69) is 12.6 Å². The molecule has 0 saturated carbocycles. The second kappa shape index (κ2) is 5.56. The minimum atomic E-state index is 0.0523. The summed E-state index contributed by atoms with van der Waals surface area (Å²) in [7, 11) is 0. The summed E-state index contributed by atoms with van der Waals surface area (Å²) in [5.41, 5.74) is 0.696. The Labute approximate surface area is 107 Å². The van der Waals surface area contributed by atoms with Gasteiger partial charge in [0.25, 0.3) is 5.91 Å². The number of carbonyl (C=O) groups excluding carboxylic acids is 1. The van der Waals surface area contributed by atoms with Crippen LogP contribution in [0.3, 0.4) is 0 Å². The number of rotatable bonds is 2. The van der Waals surface area contributed by atoms with E-state index in [-0.39, 0.29) is 18.4 Å². The lowest BCUT2D eigenvalue weighted by molar-refractivity contribution is 0.0620. The lowest BCUT2D eigenvalue weighted by Gasteiger charge is -2.31. The number of hydrogen-bond donors (Lipinski definition) is 2. The summed E-state index contributed by atoms with van der Waals surface area (Å²) in [6.45, 7) is 1.62. The molecule has 1 saturated heterocycles. The average molecular weight is 251 g/mol. The molecule has 1 aromatic rings. The third-order valence-corrected chi connectivity index (χ3v) is 3.48. The normalized spacial score (nSPS) is 20.4. The lowest BCUT2D eigenvalue weighted by Crippen LogP contribution is -2.40. The van der Waals surface area contributed by atoms with Crippen LogP contribution in [0.5, 0.6) is 0 Å². The molecular weight excluding hydrogens is 234 g/mol. The van der Waals surface area contributed by atoms with Crippen molar-refractivity contribution in [3.63, 3.8) is 0 Å². The number of aliphatic hydroxyl groups excluding tert-OH is 1. The van der Waals surface area contributed by atoms with Gasteiger partial charge in [-0.1, -0.05) is 0 Å². The molecule has 92 valence electrons. The summed E-state index contributed by atoms with van der Waals surface area (Å²) in [4.78, 5) is 14.9. The third kappa shape index (κ3) is 3.01. The average Bonchev–Trinajstić information content (AvgIpc) is 2.39. The van der Waals surface area contributed by atoms with Gasteiger partial charge in [-0.2, -0.15) is 0 Å². The molecule has 1 unspecified atom stereocenters. The number of aliphatic hydroxyl groups is 1. The smallest absolute Gasteiger partial charge is 0.253 e. The van der Waals surface area contributed by atoms with Gasteiger partial charge in [0.15, 0.2) is 0 Å². The van der Waals surface area contributed by atoms with Gasteiger partial charge in [0.1, 0.15) is 0 Å². The zero-order valence-corrected chi connectivity index (χ0v) is 10.6. The predicted molar refractivity (Wildman–Crippen MR) is 69.4 cm³/mol. The van der Waals surface area contributed by atoms with Gasteiger partial charge >= 0.3 is 0 Å². The molecule has 17 heavy (non-hydrogen) atoms. The van der Waals surface area contributed by atoms with E-state index in [1.54, 1.807) is 12.1 Å². The molecule has 1 fully saturated rings. The van der Waals surface area contributed by atoms with Gasteiger partial charge in [0.2, 0.25) is 0 Å². The number of likely N-dealkylation sites (tertiary alicyclic amines) is 1. The highest BCUT2D eigenvalue weighted by Gasteiger charge is 2.23. The lowest BCUT2D eigenvalue weighted by atomic mass is 9.98. The molecule has 2 rings (SSSR count). The van der Waals surface area contributed by atoms with Crippen LogP contribution in [-0.2, 0) is 0 Å². The Balaban J connectivity index is 2.06. The van der Waals surface area contributed by atoms with Gasteiger partial charge in [-0.05, 0) is 43.0 Å². The number of piperidine rings is 1. The fraction of sp³-hybridized carbons (Fsp3) is 0.462. The number of thiol groups is 1. The van der Waals surface area contributed by atoms with Crippen molar-refractivity contribution in [3.8, 4) is 0 Å². The maximum Gasteiger partial charge on any atom is 0.253 e. The Bertz CT molecular complexity index is 391. The van der Waals surface area contributed by atoms with Crippen LogP contribution in [0.25, 0.3) is 0 Å². The van der Waals surface area contributed by atoms with Gasteiger partial charge < -0.3 is 10.0 Å². The van der Waals surface area contributed by atoms with Gasteiger partial charge in [-0.3, -0.25) is 4.79 Å². The first-order valence-electron chi connectivity index (χ1n) is 5.90. The monoisotopic (exact) mass is 251 g/mol. The summed E-state index contributed by atoms with van der Waals surface area (Å²) < 4.78 is 0. The SMILES string of the molecule is O=C(c1ccc(S)cc1)N1CCCC(CO)C1. The predicted octanol–water partition coefficient (Wildman–Crippen LogP) is 1.82. The molecular formula is C13H17NO2S. The zero-order chi connectivity index (χ0) is 12.3. The van der Waals surface area contributed by atoms with Gasteiger partial charge in [-0.25, -0.2) is 0 Å². The second-order valence-corrected chi connectivity index (χ2v) is 5.01. The molecule has 1 heterocycles. The molecule has 0 aromatic heterocycles. The molecule has 1 aliphatic heterocycles. The standard InChI is InChI=1S/C13H17NO2S/c15-9-10-2-1-7-14(8-10)13(16)11-3-5-12(17)6-4-11/h3-6,10,15,17H,1-2,7-9H2. The molecule has 0 bridgehead atoms. The minimum absolute atomic E-state index is 0.0523. The van der Waals surface area contributed by atoms with E-state index >= 15 is 0 Å². The van der Waals surface area contributed by atoms with Crippen LogP contribution < -0.4 is 0 Å². The van der Waals surface area contributed by atoms with E-state index in [0.29, 0.717) is 12.1 Å². The van der Waals surface area contributed by atoms with Crippen LogP contribution in [0.4, 0.5) is 0 Å². The van der Waals surface area contributed by atoms with Crippen molar-refractivity contribution >= 4 is 18.5 Å². The number of amides is 1. The summed E-state index contributed by atoms with van der Waals surface area (Å²) in [5.74, 6) is 0.285. The van der Waals surface area contributed by atoms with E-state index in [9.17, 15) is 4.79 Å². The highest BCUT2D eigenvalue weighted by molar-refractivity contribution is 7.80. The highest BCUT2D eigenvalue weighted by Crippen LogP contribution is 2.18. The summed E-state index contributed by atoms with van der Waals surface area (Å²) >= 11 is 4.20. The summed E-state index contributed by atoms with van der Waals surface area (Å²) in [6.07, 6.45) is 1.98. The van der Waals surface area contributed by atoms with Gasteiger partial charge in [0.05, 0.1) is 0 Å². The quantitative estimate of drug-likeness (QED) is 0.787. The van der Waals surface area contributed by atoms with Gasteiger partial charge in [-0.15, -0.1) is 12.6 Å². The first-order valence-corrected chi connectivity index (χ1v) is 6.34. The highest BCUT2D eigenvalue weighted by atomic mass is 32.1. The molecule has 1 aromatic carbocycles. The van der Waals surface area contributed by atoms with Crippen LogP contribution >= 0.6 is 12.6 Å². The molecule has 0 aliphatic carbocycles. The molecule has 0 spiro atoms. The van der Waals surface area contributed by atoms with Gasteiger partial charge in [0, 0.05) is 30.2 Å². The van der Waals surface area contributed by atoms with Crippen LogP contribution in [0.15, 0.2) is 29.2 Å². The summed E-state index contributed by atoms with van der Waals surface area (Å²) in [5, 5.41) is 9.15. The Morgan fingerprint density at radius 2 is 2.12 bits per heavy atom. The fourth-order valence-electron chi connectivity index (χ4n) is 2.19. The summed E-state index contributed by atoms with van der Waals surface area (Å²) in [6, 6.07) is 7.24. The first kappa shape index (κ1) is 12.5. The number of benzene rings is 1. The number of carbonyl (C=O) groups is 1. The Morgan fingerprint density at radius 3 is 2.76 bits per heavy atom. The number of hydrogen-bond acceptors (Lipinski definition) is 3. The minimum Gasteiger partial charge on any atom is -0.396 e. The maximum atomic E-state index is 12.2. The van der Waals surface area contributed by atoms with E-state index in [1.165, 1.54) is 0 Å². The van der Waals surface area contributed by atoms with Crippen LogP contribution in [0, 0.1) is 5.92 Å². The topological polar surface area (TPSA) is 40.5 Å². The largest absolute Gasteiger partial charge is 0.396 e. The maximum absolute atomic E-state index is 12.2.